The Kier molecular flexibility index (Phi) is 4.90. The number of nitrogens with zero attached hydrogens (tertiary/aromatic N) is 3. The summed E-state index contributed by atoms with van der Waals surface area (Å²) in [7, 11) is 0. The number of ether oxygens (including phenoxy) is 1. The maximum atomic E-state index is 12.6. The first-order valence-electron chi connectivity index (χ1n) is 7.50. The second-order valence-corrected chi connectivity index (χ2v) is 6.19. The summed E-state index contributed by atoms with van der Waals surface area (Å²) >= 11 is 3.21. The van der Waals surface area contributed by atoms with E-state index in [9.17, 15) is 18.0 Å². The van der Waals surface area contributed by atoms with Crippen molar-refractivity contribution in [1.82, 2.24) is 19.5 Å². The van der Waals surface area contributed by atoms with Crippen molar-refractivity contribution in [1.29, 1.82) is 0 Å². The van der Waals surface area contributed by atoms with Gasteiger partial charge in [-0.05, 0) is 25.1 Å². The second-order valence-electron chi connectivity index (χ2n) is 5.28. The topological polar surface area (TPSA) is 84.8 Å². The first-order valence-corrected chi connectivity index (χ1v) is 8.29. The van der Waals surface area contributed by atoms with E-state index in [2.05, 4.69) is 40.9 Å². The molecule has 2 aromatic heterocycles. The van der Waals surface area contributed by atoms with Crippen LogP contribution in [-0.4, -0.2) is 32.4 Å². The third-order valence-electron chi connectivity index (χ3n) is 3.42. The molecule has 0 aliphatic rings. The van der Waals surface area contributed by atoms with Crippen molar-refractivity contribution >= 4 is 33.0 Å². The Labute approximate surface area is 153 Å². The summed E-state index contributed by atoms with van der Waals surface area (Å²) in [4.78, 5) is 23.1. The van der Waals surface area contributed by atoms with Crippen LogP contribution in [0.3, 0.4) is 0 Å². The van der Waals surface area contributed by atoms with E-state index in [-0.39, 0.29) is 23.5 Å². The van der Waals surface area contributed by atoms with Crippen LogP contribution in [0.15, 0.2) is 33.7 Å². The lowest BCUT2D eigenvalue weighted by atomic mass is 10.2. The van der Waals surface area contributed by atoms with Gasteiger partial charge in [-0.25, -0.2) is 9.78 Å². The Balaban J connectivity index is 2.06. The van der Waals surface area contributed by atoms with Crippen LogP contribution in [0, 0.1) is 0 Å². The van der Waals surface area contributed by atoms with Gasteiger partial charge in [-0.2, -0.15) is 4.98 Å². The van der Waals surface area contributed by atoms with Crippen LogP contribution in [0.1, 0.15) is 12.5 Å². The summed E-state index contributed by atoms with van der Waals surface area (Å²) in [6, 6.07) is 4.07. The van der Waals surface area contributed by atoms with Gasteiger partial charge >= 0.3 is 12.1 Å². The number of hydrogen-bond donors (Lipinski definition) is 2. The Morgan fingerprint density at radius 2 is 2.15 bits per heavy atom. The van der Waals surface area contributed by atoms with Crippen molar-refractivity contribution in [3.8, 4) is 5.75 Å². The zero-order chi connectivity index (χ0) is 18.9. The highest BCUT2D eigenvalue weighted by atomic mass is 79.9. The summed E-state index contributed by atoms with van der Waals surface area (Å²) in [6.07, 6.45) is -3.40. The van der Waals surface area contributed by atoms with Gasteiger partial charge in [0.05, 0.1) is 12.7 Å². The van der Waals surface area contributed by atoms with Crippen LogP contribution in [0.2, 0.25) is 0 Å². The monoisotopic (exact) mass is 431 g/mol. The number of hydrogen-bond acceptors (Lipinski definition) is 5. The molecule has 7 nitrogen and oxygen atoms in total. The molecule has 1 aromatic carbocycles. The van der Waals surface area contributed by atoms with Crippen molar-refractivity contribution in [2.24, 2.45) is 0 Å². The molecule has 138 valence electrons. The molecule has 0 atom stereocenters. The zero-order valence-electron chi connectivity index (χ0n) is 13.4. The Bertz CT molecular complexity index is 999. The number of nitrogens with one attached hydrogen (secondary N) is 2. The van der Waals surface area contributed by atoms with Crippen LogP contribution in [0.25, 0.3) is 11.2 Å². The van der Waals surface area contributed by atoms with E-state index in [1.165, 1.54) is 29.0 Å². The van der Waals surface area contributed by atoms with Gasteiger partial charge < -0.3 is 15.0 Å². The number of aromatic nitrogens is 4. The Morgan fingerprint density at radius 3 is 2.85 bits per heavy atom. The van der Waals surface area contributed by atoms with E-state index in [0.29, 0.717) is 22.5 Å². The fraction of sp³-hybridized carbons (Fsp3) is 0.267. The van der Waals surface area contributed by atoms with Crippen LogP contribution in [0.5, 0.6) is 5.75 Å². The molecule has 0 fully saturated rings. The maximum Gasteiger partial charge on any atom is 0.573 e. The number of rotatable bonds is 5. The van der Waals surface area contributed by atoms with Crippen molar-refractivity contribution in [2.75, 3.05) is 11.9 Å². The van der Waals surface area contributed by atoms with Crippen LogP contribution >= 0.6 is 15.9 Å². The summed E-state index contributed by atoms with van der Waals surface area (Å²) in [5.41, 5.74) is 0.313. The molecule has 0 radical (unpaired) electrons. The summed E-state index contributed by atoms with van der Waals surface area (Å²) in [5.74, 6) is -0.0725. The lowest BCUT2D eigenvalue weighted by Gasteiger charge is -2.14. The molecule has 0 bridgehead atoms. The van der Waals surface area contributed by atoms with Crippen molar-refractivity contribution in [3.63, 3.8) is 0 Å². The van der Waals surface area contributed by atoms with Gasteiger partial charge in [-0.1, -0.05) is 15.9 Å². The molecule has 0 amide bonds. The van der Waals surface area contributed by atoms with Gasteiger partial charge in [-0.15, -0.1) is 13.2 Å². The number of aromatic amines is 1. The number of anilines is 1. The molecule has 11 heteroatoms. The van der Waals surface area contributed by atoms with E-state index in [1.807, 2.05) is 6.92 Å². The molecule has 0 saturated carbocycles. The summed E-state index contributed by atoms with van der Waals surface area (Å²) in [6.45, 7) is 2.28. The molecular weight excluding hydrogens is 419 g/mol. The first-order chi connectivity index (χ1) is 12.3. The highest BCUT2D eigenvalue weighted by Crippen LogP contribution is 2.29. The summed E-state index contributed by atoms with van der Waals surface area (Å²) in [5, 5.41) is 2.92. The number of halogens is 4. The van der Waals surface area contributed by atoms with E-state index in [4.69, 9.17) is 0 Å². The van der Waals surface area contributed by atoms with Crippen molar-refractivity contribution < 1.29 is 17.9 Å². The zero-order valence-corrected chi connectivity index (χ0v) is 15.0. The number of imidazole rings is 1. The fourth-order valence-electron chi connectivity index (χ4n) is 2.40. The SMILES string of the molecule is CCNc1ncc2[nH]c(=O)n(Cc3cc(Br)ccc3OC(F)(F)F)c2n1. The van der Waals surface area contributed by atoms with Crippen LogP contribution < -0.4 is 15.7 Å². The largest absolute Gasteiger partial charge is 0.573 e. The minimum atomic E-state index is -4.84. The molecule has 3 aromatic rings. The molecule has 0 unspecified atom stereocenters. The van der Waals surface area contributed by atoms with Gasteiger partial charge in [0, 0.05) is 16.6 Å². The minimum Gasteiger partial charge on any atom is -0.405 e. The number of benzene rings is 1. The molecule has 2 N–H and O–H groups in total. The maximum absolute atomic E-state index is 12.6. The van der Waals surface area contributed by atoms with E-state index >= 15 is 0 Å². The van der Waals surface area contributed by atoms with Crippen molar-refractivity contribution in [2.45, 2.75) is 19.8 Å². The number of alkyl halides is 3. The highest BCUT2D eigenvalue weighted by Gasteiger charge is 2.32. The summed E-state index contributed by atoms with van der Waals surface area (Å²) < 4.78 is 43.7. The highest BCUT2D eigenvalue weighted by molar-refractivity contribution is 9.10. The quantitative estimate of drug-likeness (QED) is 0.647. The average molecular weight is 432 g/mol. The Morgan fingerprint density at radius 1 is 1.38 bits per heavy atom. The van der Waals surface area contributed by atoms with E-state index < -0.39 is 12.1 Å². The first kappa shape index (κ1) is 18.2. The van der Waals surface area contributed by atoms with Crippen molar-refractivity contribution in [3.05, 3.63) is 44.9 Å². The lowest BCUT2D eigenvalue weighted by molar-refractivity contribution is -0.274. The van der Waals surface area contributed by atoms with Crippen LogP contribution in [0.4, 0.5) is 19.1 Å². The van der Waals surface area contributed by atoms with Gasteiger partial charge in [0.1, 0.15) is 11.3 Å². The minimum absolute atomic E-state index is 0.160. The predicted molar refractivity (Wildman–Crippen MR) is 92.2 cm³/mol. The third kappa shape index (κ3) is 3.98. The number of H-pyrrole nitrogens is 1. The van der Waals surface area contributed by atoms with Gasteiger partial charge in [0.2, 0.25) is 5.95 Å². The molecule has 3 rings (SSSR count). The van der Waals surface area contributed by atoms with E-state index in [0.717, 1.165) is 0 Å². The van der Waals surface area contributed by atoms with E-state index in [1.54, 1.807) is 0 Å². The third-order valence-corrected chi connectivity index (χ3v) is 3.92. The molecule has 0 aliphatic carbocycles. The molecule has 2 heterocycles. The molecule has 0 spiro atoms. The van der Waals surface area contributed by atoms with Gasteiger partial charge in [-0.3, -0.25) is 4.57 Å². The standard InChI is InChI=1S/C15H13BrF3N5O2/c1-2-20-13-21-6-10-12(23-13)24(14(25)22-10)7-8-5-9(16)3-4-11(8)26-15(17,18)19/h3-6H,2,7H2,1H3,(H,22,25)(H,20,21,23). The average Bonchev–Trinajstić information content (AvgIpc) is 2.85. The van der Waals surface area contributed by atoms with Gasteiger partial charge in [0.25, 0.3) is 0 Å². The molecule has 0 saturated heterocycles. The molecule has 0 aliphatic heterocycles. The molecular formula is C15H13BrF3N5O2. The fourth-order valence-corrected chi connectivity index (χ4v) is 2.81. The molecule has 26 heavy (non-hydrogen) atoms. The van der Waals surface area contributed by atoms with Crippen LogP contribution in [-0.2, 0) is 6.54 Å². The smallest absolute Gasteiger partial charge is 0.405 e. The Hall–Kier alpha value is -2.56. The predicted octanol–water partition coefficient (Wildman–Crippen LogP) is 3.26. The lowest BCUT2D eigenvalue weighted by Crippen LogP contribution is -2.21. The number of fused-ring (bicyclic) bond motifs is 1. The normalized spacial score (nSPS) is 11.7. The second kappa shape index (κ2) is 6.98. The van der Waals surface area contributed by atoms with Gasteiger partial charge in [0.15, 0.2) is 5.65 Å².